The van der Waals surface area contributed by atoms with Crippen molar-refractivity contribution in [2.24, 2.45) is 4.99 Å². The zero-order chi connectivity index (χ0) is 18.8. The van der Waals surface area contributed by atoms with Crippen LogP contribution in [0.2, 0.25) is 0 Å². The van der Waals surface area contributed by atoms with Crippen molar-refractivity contribution in [1.29, 1.82) is 0 Å². The molecule has 148 valence electrons. The SMILES string of the molecule is CCNC(=NCc1ncc(C)c(OC)c1C)NCCCc1ccccc1.I. The maximum atomic E-state index is 5.47. The van der Waals surface area contributed by atoms with Crippen molar-refractivity contribution in [3.05, 3.63) is 58.9 Å². The number of rotatable bonds is 8. The van der Waals surface area contributed by atoms with E-state index < -0.39 is 0 Å². The standard InChI is InChI=1S/C21H30N4O.HI/c1-5-22-21(23-13-9-12-18-10-7-6-8-11-18)25-15-19-17(3)20(26-4)16(2)14-24-19;/h6-8,10-11,14H,5,9,12-13,15H2,1-4H3,(H2,22,23,25);1H. The van der Waals surface area contributed by atoms with Crippen LogP contribution in [0, 0.1) is 13.8 Å². The molecule has 27 heavy (non-hydrogen) atoms. The zero-order valence-electron chi connectivity index (χ0n) is 16.7. The van der Waals surface area contributed by atoms with Gasteiger partial charge in [-0.05, 0) is 39.2 Å². The van der Waals surface area contributed by atoms with E-state index in [1.165, 1.54) is 5.56 Å². The van der Waals surface area contributed by atoms with Crippen LogP contribution in [-0.2, 0) is 13.0 Å². The molecule has 0 bridgehead atoms. The fourth-order valence-electron chi connectivity index (χ4n) is 2.87. The summed E-state index contributed by atoms with van der Waals surface area (Å²) in [5.74, 6) is 1.72. The molecule has 5 nitrogen and oxygen atoms in total. The second-order valence-corrected chi connectivity index (χ2v) is 6.26. The van der Waals surface area contributed by atoms with Gasteiger partial charge in [-0.3, -0.25) is 4.98 Å². The number of benzene rings is 1. The molecule has 0 spiro atoms. The lowest BCUT2D eigenvalue weighted by atomic mass is 10.1. The van der Waals surface area contributed by atoms with Gasteiger partial charge in [-0.15, -0.1) is 24.0 Å². The summed E-state index contributed by atoms with van der Waals surface area (Å²) >= 11 is 0. The molecule has 0 saturated heterocycles. The van der Waals surface area contributed by atoms with E-state index in [-0.39, 0.29) is 24.0 Å². The third kappa shape index (κ3) is 7.36. The molecule has 2 aromatic rings. The average Bonchev–Trinajstić information content (AvgIpc) is 2.65. The number of ether oxygens (including phenoxy) is 1. The van der Waals surface area contributed by atoms with Crippen molar-refractivity contribution in [3.63, 3.8) is 0 Å². The Bertz CT molecular complexity index is 720. The molecule has 1 heterocycles. The minimum atomic E-state index is 0. The van der Waals surface area contributed by atoms with Crippen molar-refractivity contribution in [2.45, 2.75) is 40.2 Å². The highest BCUT2D eigenvalue weighted by molar-refractivity contribution is 14.0. The van der Waals surface area contributed by atoms with Crippen LogP contribution in [0.1, 0.15) is 35.7 Å². The van der Waals surface area contributed by atoms with Crippen LogP contribution in [0.4, 0.5) is 0 Å². The molecule has 0 aliphatic rings. The first-order valence-electron chi connectivity index (χ1n) is 9.20. The smallest absolute Gasteiger partial charge is 0.191 e. The fraction of sp³-hybridized carbons (Fsp3) is 0.429. The van der Waals surface area contributed by atoms with Gasteiger partial charge in [0.05, 0.1) is 19.3 Å². The fourth-order valence-corrected chi connectivity index (χ4v) is 2.87. The summed E-state index contributed by atoms with van der Waals surface area (Å²) in [7, 11) is 1.70. The van der Waals surface area contributed by atoms with Gasteiger partial charge in [-0.2, -0.15) is 0 Å². The third-order valence-corrected chi connectivity index (χ3v) is 4.26. The minimum Gasteiger partial charge on any atom is -0.496 e. The van der Waals surface area contributed by atoms with Gasteiger partial charge in [0, 0.05) is 30.4 Å². The van der Waals surface area contributed by atoms with E-state index in [4.69, 9.17) is 4.74 Å². The van der Waals surface area contributed by atoms with E-state index >= 15 is 0 Å². The second kappa shape index (κ2) is 12.5. The Balaban J connectivity index is 0.00000364. The predicted molar refractivity (Wildman–Crippen MR) is 123 cm³/mol. The van der Waals surface area contributed by atoms with Gasteiger partial charge in [-0.25, -0.2) is 4.99 Å². The van der Waals surface area contributed by atoms with Crippen LogP contribution in [0.15, 0.2) is 41.5 Å². The summed E-state index contributed by atoms with van der Waals surface area (Å²) in [5, 5.41) is 6.69. The van der Waals surface area contributed by atoms with Gasteiger partial charge in [0.25, 0.3) is 0 Å². The van der Waals surface area contributed by atoms with Crippen LogP contribution in [0.3, 0.4) is 0 Å². The molecule has 0 unspecified atom stereocenters. The topological polar surface area (TPSA) is 58.5 Å². The van der Waals surface area contributed by atoms with Gasteiger partial charge in [-0.1, -0.05) is 30.3 Å². The summed E-state index contributed by atoms with van der Waals surface area (Å²) in [4.78, 5) is 9.18. The molecular weight excluding hydrogens is 451 g/mol. The number of hydrogen-bond donors (Lipinski definition) is 2. The molecule has 0 amide bonds. The summed E-state index contributed by atoms with van der Waals surface area (Å²) in [6.45, 7) is 8.34. The minimum absolute atomic E-state index is 0. The first-order valence-corrected chi connectivity index (χ1v) is 9.20. The molecule has 0 fully saturated rings. The average molecular weight is 482 g/mol. The second-order valence-electron chi connectivity index (χ2n) is 6.26. The number of aryl methyl sites for hydroxylation is 2. The van der Waals surface area contributed by atoms with Crippen LogP contribution in [-0.4, -0.2) is 31.1 Å². The van der Waals surface area contributed by atoms with Gasteiger partial charge in [0.15, 0.2) is 5.96 Å². The molecule has 0 saturated carbocycles. The number of methoxy groups -OCH3 is 1. The number of guanidine groups is 1. The Labute approximate surface area is 180 Å². The monoisotopic (exact) mass is 482 g/mol. The zero-order valence-corrected chi connectivity index (χ0v) is 19.0. The number of nitrogens with zero attached hydrogens (tertiary/aromatic N) is 2. The molecule has 0 aliphatic carbocycles. The molecule has 0 radical (unpaired) electrons. The summed E-state index contributed by atoms with van der Waals surface area (Å²) in [6.07, 6.45) is 3.96. The van der Waals surface area contributed by atoms with Crippen molar-refractivity contribution < 1.29 is 4.74 Å². The Kier molecular flexibility index (Phi) is 10.8. The molecule has 2 N–H and O–H groups in total. The lowest BCUT2D eigenvalue weighted by molar-refractivity contribution is 0.407. The van der Waals surface area contributed by atoms with E-state index in [1.807, 2.05) is 26.1 Å². The van der Waals surface area contributed by atoms with Crippen LogP contribution >= 0.6 is 24.0 Å². The molecule has 2 rings (SSSR count). The molecule has 1 aromatic carbocycles. The van der Waals surface area contributed by atoms with Crippen molar-refractivity contribution in [1.82, 2.24) is 15.6 Å². The van der Waals surface area contributed by atoms with E-state index in [9.17, 15) is 0 Å². The van der Waals surface area contributed by atoms with E-state index in [1.54, 1.807) is 7.11 Å². The molecule has 0 atom stereocenters. The summed E-state index contributed by atoms with van der Waals surface area (Å²) < 4.78 is 5.47. The lowest BCUT2D eigenvalue weighted by Gasteiger charge is -2.13. The van der Waals surface area contributed by atoms with Crippen LogP contribution in [0.5, 0.6) is 5.75 Å². The van der Waals surface area contributed by atoms with Crippen LogP contribution in [0.25, 0.3) is 0 Å². The predicted octanol–water partition coefficient (Wildman–Crippen LogP) is 4.01. The molecule has 6 heteroatoms. The van der Waals surface area contributed by atoms with E-state index in [0.29, 0.717) is 6.54 Å². The highest BCUT2D eigenvalue weighted by atomic mass is 127. The maximum Gasteiger partial charge on any atom is 0.191 e. The van der Waals surface area contributed by atoms with Crippen molar-refractivity contribution in [3.8, 4) is 5.75 Å². The first-order chi connectivity index (χ1) is 12.7. The van der Waals surface area contributed by atoms with Crippen molar-refractivity contribution >= 4 is 29.9 Å². The van der Waals surface area contributed by atoms with E-state index in [2.05, 4.69) is 51.8 Å². The highest BCUT2D eigenvalue weighted by Gasteiger charge is 2.09. The Morgan fingerprint density at radius 2 is 1.89 bits per heavy atom. The van der Waals surface area contributed by atoms with Gasteiger partial charge < -0.3 is 15.4 Å². The Morgan fingerprint density at radius 3 is 2.56 bits per heavy atom. The van der Waals surface area contributed by atoms with Gasteiger partial charge >= 0.3 is 0 Å². The number of aromatic nitrogens is 1. The lowest BCUT2D eigenvalue weighted by Crippen LogP contribution is -2.37. The van der Waals surface area contributed by atoms with Crippen LogP contribution < -0.4 is 15.4 Å². The number of nitrogens with one attached hydrogen (secondary N) is 2. The summed E-state index contributed by atoms with van der Waals surface area (Å²) in [6, 6.07) is 10.5. The first kappa shape index (κ1) is 23.2. The quantitative estimate of drug-likeness (QED) is 0.258. The Morgan fingerprint density at radius 1 is 1.15 bits per heavy atom. The number of pyridine rings is 1. The largest absolute Gasteiger partial charge is 0.496 e. The Hall–Kier alpha value is -1.83. The third-order valence-electron chi connectivity index (χ3n) is 4.26. The van der Waals surface area contributed by atoms with E-state index in [0.717, 1.165) is 54.5 Å². The summed E-state index contributed by atoms with van der Waals surface area (Å²) in [5.41, 5.74) is 4.40. The molecular formula is C21H31IN4O. The number of aliphatic imine (C=N–C) groups is 1. The van der Waals surface area contributed by atoms with Gasteiger partial charge in [0.2, 0.25) is 0 Å². The maximum absolute atomic E-state index is 5.47. The number of hydrogen-bond acceptors (Lipinski definition) is 3. The van der Waals surface area contributed by atoms with Gasteiger partial charge in [0.1, 0.15) is 5.75 Å². The normalized spacial score (nSPS) is 10.9. The molecule has 0 aliphatic heterocycles. The highest BCUT2D eigenvalue weighted by Crippen LogP contribution is 2.24. The number of halogens is 1. The van der Waals surface area contributed by atoms with Crippen molar-refractivity contribution in [2.75, 3.05) is 20.2 Å². The molecule has 1 aromatic heterocycles.